The molecule has 2 aliphatic rings. The third kappa shape index (κ3) is 21.2. The van der Waals surface area contributed by atoms with E-state index >= 15 is 0 Å². The van der Waals surface area contributed by atoms with Crippen molar-refractivity contribution in [2.45, 2.75) is 257 Å². The zero-order valence-electron chi connectivity index (χ0n) is 35.1. The maximum atomic E-state index is 7.87. The second kappa shape index (κ2) is 32.5. The molecular weight excluding hydrogens is 665 g/mol. The number of rotatable bonds is 36. The fraction of sp³-hybridized carbons (Fsp3) is 1.00. The van der Waals surface area contributed by atoms with Gasteiger partial charge < -0.3 is 21.8 Å². The van der Waals surface area contributed by atoms with Crippen LogP contribution in [0.2, 0.25) is 11.1 Å². The van der Waals surface area contributed by atoms with Crippen molar-refractivity contribution < 1.29 is 21.8 Å². The van der Waals surface area contributed by atoms with E-state index in [1.54, 1.807) is 0 Å². The highest BCUT2D eigenvalue weighted by atomic mass is 28.5. The van der Waals surface area contributed by atoms with Gasteiger partial charge in [0.15, 0.2) is 0 Å². The van der Waals surface area contributed by atoms with Gasteiger partial charge in [0.25, 0.3) is 0 Å². The van der Waals surface area contributed by atoms with Gasteiger partial charge in [-0.3, -0.25) is 0 Å². The fourth-order valence-corrected chi connectivity index (χ4v) is 17.3. The van der Waals surface area contributed by atoms with Gasteiger partial charge in [-0.2, -0.15) is 0 Å². The minimum atomic E-state index is -3.13. The van der Waals surface area contributed by atoms with Crippen molar-refractivity contribution in [1.82, 2.24) is 0 Å². The fourth-order valence-electron chi connectivity index (χ4n) is 8.34. The third-order valence-corrected chi connectivity index (χ3v) is 19.6. The van der Waals surface area contributed by atoms with Crippen LogP contribution in [-0.2, 0) is 21.8 Å². The third-order valence-electron chi connectivity index (χ3n) is 11.7. The largest absolute Gasteiger partial charge is 0.496 e. The zero-order valence-corrected chi connectivity index (χ0v) is 37.1. The maximum absolute atomic E-state index is 7.87. The van der Waals surface area contributed by atoms with Gasteiger partial charge in [-0.1, -0.05) is 195 Å². The van der Waals surface area contributed by atoms with Crippen LogP contribution in [-0.4, -0.2) is 44.0 Å². The molecule has 0 spiro atoms. The molecule has 0 saturated heterocycles. The molecule has 2 fully saturated rings. The Kier molecular flexibility index (Phi) is 30.2. The second-order valence-electron chi connectivity index (χ2n) is 16.4. The topological polar surface area (TPSA) is 46.2 Å². The predicted octanol–water partition coefficient (Wildman–Crippen LogP) is 15.1. The lowest BCUT2D eigenvalue weighted by Gasteiger charge is -2.46. The number of unbranched alkanes of at least 4 members (excludes halogenated alkanes) is 20. The van der Waals surface area contributed by atoms with Crippen molar-refractivity contribution in [1.29, 1.82) is 0 Å². The molecule has 0 N–H and O–H groups in total. The lowest BCUT2D eigenvalue weighted by atomic mass is 10.0. The van der Waals surface area contributed by atoms with E-state index in [1.165, 1.54) is 193 Å². The summed E-state index contributed by atoms with van der Waals surface area (Å²) in [6.07, 6.45) is 42.8. The van der Waals surface area contributed by atoms with Crippen LogP contribution >= 0.6 is 0 Å². The van der Waals surface area contributed by atoms with E-state index in [-0.39, 0.29) is 0 Å². The van der Waals surface area contributed by atoms with Crippen LogP contribution in [0.3, 0.4) is 0 Å². The Labute approximate surface area is 321 Å². The summed E-state index contributed by atoms with van der Waals surface area (Å²) in [5, 5.41) is 0. The molecule has 51 heavy (non-hydrogen) atoms. The molecule has 5 nitrogen and oxygen atoms in total. The Morgan fingerprint density at radius 2 is 0.549 bits per heavy atom. The lowest BCUT2D eigenvalue weighted by Crippen LogP contribution is -2.63. The summed E-state index contributed by atoms with van der Waals surface area (Å²) in [6.45, 7) is 12.2. The van der Waals surface area contributed by atoms with Gasteiger partial charge in [-0.25, -0.2) is 0 Å². The SMILES string of the molecule is CCCCCCCCO[Si](OCCCCCCCC)(O[Si](OCCCCCCCC)(OCCCCCCCC)C1CCCCC1)C1CCCCC1. The summed E-state index contributed by atoms with van der Waals surface area (Å²) in [6, 6.07) is 0. The predicted molar refractivity (Wildman–Crippen MR) is 224 cm³/mol. The molecule has 0 atom stereocenters. The number of hydrogen-bond acceptors (Lipinski definition) is 5. The summed E-state index contributed by atoms with van der Waals surface area (Å²) in [4.78, 5) is 0. The first-order chi connectivity index (χ1) is 25.2. The molecular formula is C44H90O5Si2. The van der Waals surface area contributed by atoms with Gasteiger partial charge >= 0.3 is 17.6 Å². The van der Waals surface area contributed by atoms with Gasteiger partial charge in [0.05, 0.1) is 0 Å². The number of hydrogen-bond donors (Lipinski definition) is 0. The van der Waals surface area contributed by atoms with Crippen LogP contribution < -0.4 is 0 Å². The second-order valence-corrected chi connectivity index (χ2v) is 22.5. The van der Waals surface area contributed by atoms with Crippen LogP contribution in [0, 0.1) is 0 Å². The first-order valence-electron chi connectivity index (χ1n) is 23.4. The van der Waals surface area contributed by atoms with E-state index in [0.717, 1.165) is 52.1 Å². The van der Waals surface area contributed by atoms with Crippen molar-refractivity contribution in [3.05, 3.63) is 0 Å². The van der Waals surface area contributed by atoms with Crippen LogP contribution in [0.1, 0.15) is 246 Å². The van der Waals surface area contributed by atoms with Crippen LogP contribution in [0.5, 0.6) is 0 Å². The standard InChI is InChI=1S/C44H90O5Si2/c1-5-9-13-17-21-31-39-45-50(43-35-27-25-28-36-43,46-40-32-22-18-14-10-6-2)49-51(44-37-29-26-30-38-44,47-41-33-23-19-15-11-7-3)48-42-34-24-20-16-12-8-4/h43-44H,5-42H2,1-4H3. The van der Waals surface area contributed by atoms with Crippen molar-refractivity contribution in [3.63, 3.8) is 0 Å². The minimum Gasteiger partial charge on any atom is -0.374 e. The Morgan fingerprint density at radius 3 is 0.804 bits per heavy atom. The zero-order chi connectivity index (χ0) is 36.6. The molecule has 0 aliphatic heterocycles. The smallest absolute Gasteiger partial charge is 0.374 e. The highest BCUT2D eigenvalue weighted by molar-refractivity contribution is 6.76. The van der Waals surface area contributed by atoms with Crippen LogP contribution in [0.15, 0.2) is 0 Å². The van der Waals surface area contributed by atoms with Crippen LogP contribution in [0.4, 0.5) is 0 Å². The van der Waals surface area contributed by atoms with Gasteiger partial charge in [0.2, 0.25) is 0 Å². The summed E-state index contributed by atoms with van der Waals surface area (Å²) in [7, 11) is -6.25. The normalized spacial score (nSPS) is 16.7. The highest BCUT2D eigenvalue weighted by Gasteiger charge is 2.61. The first-order valence-corrected chi connectivity index (χ1v) is 27.0. The van der Waals surface area contributed by atoms with Gasteiger partial charge in [-0.05, 0) is 51.4 Å². The molecule has 2 rings (SSSR count). The quantitative estimate of drug-likeness (QED) is 0.0471. The molecule has 0 radical (unpaired) electrons. The van der Waals surface area contributed by atoms with Gasteiger partial charge in [0, 0.05) is 37.5 Å². The van der Waals surface area contributed by atoms with E-state index in [9.17, 15) is 0 Å². The van der Waals surface area contributed by atoms with E-state index < -0.39 is 17.6 Å². The molecule has 2 aliphatic carbocycles. The van der Waals surface area contributed by atoms with E-state index in [1.807, 2.05) is 0 Å². The molecule has 0 aromatic carbocycles. The Balaban J connectivity index is 2.37. The molecule has 0 heterocycles. The summed E-state index contributed by atoms with van der Waals surface area (Å²) < 4.78 is 37.0. The maximum Gasteiger partial charge on any atom is 0.496 e. The van der Waals surface area contributed by atoms with Gasteiger partial charge in [0.1, 0.15) is 0 Å². The van der Waals surface area contributed by atoms with Crippen molar-refractivity contribution in [3.8, 4) is 0 Å². The Hall–Kier alpha value is 0.234. The van der Waals surface area contributed by atoms with Crippen LogP contribution in [0.25, 0.3) is 0 Å². The summed E-state index contributed by atoms with van der Waals surface area (Å²) in [5.74, 6) is 0. The van der Waals surface area contributed by atoms with Crippen molar-refractivity contribution in [2.24, 2.45) is 0 Å². The monoisotopic (exact) mass is 755 g/mol. The summed E-state index contributed by atoms with van der Waals surface area (Å²) in [5.41, 5.74) is 0.745. The molecule has 304 valence electrons. The van der Waals surface area contributed by atoms with Gasteiger partial charge in [-0.15, -0.1) is 0 Å². The van der Waals surface area contributed by atoms with Crippen molar-refractivity contribution in [2.75, 3.05) is 26.4 Å². The lowest BCUT2D eigenvalue weighted by molar-refractivity contribution is 0.0210. The highest BCUT2D eigenvalue weighted by Crippen LogP contribution is 2.46. The Bertz CT molecular complexity index is 647. The minimum absolute atomic E-state index is 0.372. The van der Waals surface area contributed by atoms with E-state index in [0.29, 0.717) is 11.1 Å². The van der Waals surface area contributed by atoms with E-state index in [2.05, 4.69) is 27.7 Å². The first kappa shape index (κ1) is 47.4. The van der Waals surface area contributed by atoms with E-state index in [4.69, 9.17) is 21.8 Å². The molecule has 0 aromatic rings. The Morgan fingerprint density at radius 1 is 0.314 bits per heavy atom. The average molecular weight is 755 g/mol. The molecule has 0 bridgehead atoms. The molecule has 0 amide bonds. The molecule has 2 saturated carbocycles. The van der Waals surface area contributed by atoms with Crippen molar-refractivity contribution >= 4 is 17.6 Å². The molecule has 7 heteroatoms. The average Bonchev–Trinajstić information content (AvgIpc) is 3.16. The molecule has 0 unspecified atom stereocenters. The summed E-state index contributed by atoms with van der Waals surface area (Å²) >= 11 is 0. The molecule has 0 aromatic heterocycles.